The molecule has 0 saturated heterocycles. The normalized spacial score (nSPS) is 13.4. The van der Waals surface area contributed by atoms with E-state index in [9.17, 15) is 14.4 Å². The molecule has 1 unspecified atom stereocenters. The summed E-state index contributed by atoms with van der Waals surface area (Å²) in [6.45, 7) is 6.12. The van der Waals surface area contributed by atoms with Crippen molar-refractivity contribution in [1.29, 1.82) is 0 Å². The van der Waals surface area contributed by atoms with E-state index in [-0.39, 0.29) is 38.0 Å². The summed E-state index contributed by atoms with van der Waals surface area (Å²) in [6.07, 6.45) is 70.0. The van der Waals surface area contributed by atoms with Gasteiger partial charge in [-0.05, 0) is 122 Å². The number of allylic oxidation sites excluding steroid dienone is 24. The van der Waals surface area contributed by atoms with Crippen molar-refractivity contribution in [3.05, 3.63) is 146 Å². The van der Waals surface area contributed by atoms with Crippen molar-refractivity contribution in [3.8, 4) is 0 Å². The molecular formula is C56H84O6. The van der Waals surface area contributed by atoms with E-state index in [1.807, 2.05) is 12.2 Å². The van der Waals surface area contributed by atoms with Gasteiger partial charge in [-0.25, -0.2) is 0 Å². The lowest BCUT2D eigenvalue weighted by atomic mass is 10.1. The molecule has 6 heteroatoms. The zero-order chi connectivity index (χ0) is 45.1. The second-order valence-corrected chi connectivity index (χ2v) is 14.9. The van der Waals surface area contributed by atoms with E-state index in [1.54, 1.807) is 0 Å². The van der Waals surface area contributed by atoms with Gasteiger partial charge >= 0.3 is 17.9 Å². The zero-order valence-electron chi connectivity index (χ0n) is 39.1. The first-order chi connectivity index (χ1) is 30.5. The van der Waals surface area contributed by atoms with Crippen molar-refractivity contribution in [2.75, 3.05) is 13.2 Å². The van der Waals surface area contributed by atoms with Crippen LogP contribution in [0.1, 0.15) is 168 Å². The molecule has 1 atom stereocenters. The van der Waals surface area contributed by atoms with E-state index in [0.717, 1.165) is 116 Å². The maximum atomic E-state index is 12.7. The maximum Gasteiger partial charge on any atom is 0.306 e. The molecule has 0 N–H and O–H groups in total. The van der Waals surface area contributed by atoms with E-state index < -0.39 is 12.1 Å². The minimum Gasteiger partial charge on any atom is -0.462 e. The number of carbonyl (C=O) groups is 3. The highest BCUT2D eigenvalue weighted by Crippen LogP contribution is 2.09. The van der Waals surface area contributed by atoms with E-state index in [2.05, 4.69) is 154 Å². The first-order valence-electron chi connectivity index (χ1n) is 23.8. The topological polar surface area (TPSA) is 78.9 Å². The third-order valence-corrected chi connectivity index (χ3v) is 9.08. The Hall–Kier alpha value is -4.71. The van der Waals surface area contributed by atoms with Gasteiger partial charge in [-0.2, -0.15) is 0 Å². The number of esters is 3. The standard InChI is InChI=1S/C56H84O6/c1-4-7-10-13-16-19-21-23-25-27-28-29-31-32-34-37-40-43-46-49-55(58)61-52-53(51-60-54(57)48-45-42-39-36-18-15-12-9-6-3)62-56(59)50-47-44-41-38-35-33-30-26-24-22-20-17-14-11-8-5-2/h7-12,16-20,23-26,28-29,32-36,41,44,53H,4-6,13-15,21-22,27,30-31,37-40,42-43,45-52H2,1-3H3/b10-7-,11-8-,12-9-,19-16-,20-17-,25-23-,26-24-,29-28-,34-32-,35-33-,36-18-,44-41-. The second-order valence-electron chi connectivity index (χ2n) is 14.9. The van der Waals surface area contributed by atoms with Crippen molar-refractivity contribution in [2.45, 2.75) is 175 Å². The Kier molecular flexibility index (Phi) is 45.2. The third kappa shape index (κ3) is 46.4. The average molecular weight is 853 g/mol. The fourth-order valence-electron chi connectivity index (χ4n) is 5.61. The SMILES string of the molecule is CC/C=C\C/C=C\C/C=C\C/C=C\C/C=C\CCCCCC(=O)OCC(COC(=O)CCCC/C=C\C/C=C\CC)OC(=O)CC/C=C\C/C=C\C/C=C\C/C=C\C/C=C\CC. The van der Waals surface area contributed by atoms with Crippen LogP contribution in [0.5, 0.6) is 0 Å². The first-order valence-corrected chi connectivity index (χ1v) is 23.8. The lowest BCUT2D eigenvalue weighted by Gasteiger charge is -2.18. The molecule has 0 radical (unpaired) electrons. The van der Waals surface area contributed by atoms with Gasteiger partial charge < -0.3 is 14.2 Å². The monoisotopic (exact) mass is 853 g/mol. The van der Waals surface area contributed by atoms with Crippen LogP contribution in [-0.4, -0.2) is 37.2 Å². The van der Waals surface area contributed by atoms with Gasteiger partial charge in [-0.15, -0.1) is 0 Å². The molecule has 344 valence electrons. The van der Waals surface area contributed by atoms with Crippen molar-refractivity contribution in [1.82, 2.24) is 0 Å². The lowest BCUT2D eigenvalue weighted by molar-refractivity contribution is -0.166. The van der Waals surface area contributed by atoms with Crippen LogP contribution in [-0.2, 0) is 28.6 Å². The molecule has 0 aliphatic rings. The minimum atomic E-state index is -0.849. The molecule has 0 rings (SSSR count). The van der Waals surface area contributed by atoms with Crippen molar-refractivity contribution in [2.24, 2.45) is 0 Å². The van der Waals surface area contributed by atoms with Crippen LogP contribution in [0.15, 0.2) is 146 Å². The number of carbonyl (C=O) groups excluding carboxylic acids is 3. The summed E-state index contributed by atoms with van der Waals surface area (Å²) in [5, 5.41) is 0. The Labute approximate surface area is 378 Å². The van der Waals surface area contributed by atoms with Gasteiger partial charge in [-0.1, -0.05) is 173 Å². The Morgan fingerprint density at radius 2 is 0.613 bits per heavy atom. The molecule has 62 heavy (non-hydrogen) atoms. The Bertz CT molecular complexity index is 1440. The van der Waals surface area contributed by atoms with Gasteiger partial charge in [-0.3, -0.25) is 14.4 Å². The summed E-state index contributed by atoms with van der Waals surface area (Å²) in [5.74, 6) is -1.11. The van der Waals surface area contributed by atoms with Crippen LogP contribution in [0.3, 0.4) is 0 Å². The smallest absolute Gasteiger partial charge is 0.306 e. The molecule has 0 aromatic heterocycles. The minimum absolute atomic E-state index is 0.142. The Morgan fingerprint density at radius 1 is 0.323 bits per heavy atom. The Balaban J connectivity index is 4.57. The van der Waals surface area contributed by atoms with Crippen molar-refractivity contribution >= 4 is 17.9 Å². The van der Waals surface area contributed by atoms with Gasteiger partial charge in [0.2, 0.25) is 0 Å². The van der Waals surface area contributed by atoms with Crippen LogP contribution in [0.25, 0.3) is 0 Å². The van der Waals surface area contributed by atoms with Crippen molar-refractivity contribution < 1.29 is 28.6 Å². The summed E-state index contributed by atoms with van der Waals surface area (Å²) < 4.78 is 16.6. The molecule has 6 nitrogen and oxygen atoms in total. The molecule has 0 heterocycles. The van der Waals surface area contributed by atoms with E-state index in [4.69, 9.17) is 14.2 Å². The third-order valence-electron chi connectivity index (χ3n) is 9.08. The fraction of sp³-hybridized carbons (Fsp3) is 0.518. The highest BCUT2D eigenvalue weighted by molar-refractivity contribution is 5.71. The average Bonchev–Trinajstić information content (AvgIpc) is 3.27. The largest absolute Gasteiger partial charge is 0.462 e. The molecule has 0 aliphatic carbocycles. The zero-order valence-corrected chi connectivity index (χ0v) is 39.1. The number of ether oxygens (including phenoxy) is 3. The number of hydrogen-bond donors (Lipinski definition) is 0. The highest BCUT2D eigenvalue weighted by Gasteiger charge is 2.19. The predicted molar refractivity (Wildman–Crippen MR) is 265 cm³/mol. The quantitative estimate of drug-likeness (QED) is 0.0264. The molecule has 0 aliphatic heterocycles. The van der Waals surface area contributed by atoms with E-state index >= 15 is 0 Å². The molecule has 0 amide bonds. The van der Waals surface area contributed by atoms with Crippen LogP contribution in [0.4, 0.5) is 0 Å². The molecule has 0 aromatic rings. The molecule has 0 bridgehead atoms. The van der Waals surface area contributed by atoms with Gasteiger partial charge in [0.05, 0.1) is 0 Å². The highest BCUT2D eigenvalue weighted by atomic mass is 16.6. The van der Waals surface area contributed by atoms with E-state index in [0.29, 0.717) is 19.3 Å². The van der Waals surface area contributed by atoms with Gasteiger partial charge in [0.25, 0.3) is 0 Å². The molecule has 0 fully saturated rings. The Morgan fingerprint density at radius 3 is 0.968 bits per heavy atom. The number of unbranched alkanes of at least 4 members (excludes halogenated alkanes) is 5. The lowest BCUT2D eigenvalue weighted by Crippen LogP contribution is -2.30. The van der Waals surface area contributed by atoms with Gasteiger partial charge in [0.15, 0.2) is 6.10 Å². The summed E-state index contributed by atoms with van der Waals surface area (Å²) in [5.41, 5.74) is 0. The fourth-order valence-corrected chi connectivity index (χ4v) is 5.61. The van der Waals surface area contributed by atoms with Crippen LogP contribution < -0.4 is 0 Å². The molecular weight excluding hydrogens is 769 g/mol. The van der Waals surface area contributed by atoms with Crippen LogP contribution in [0, 0.1) is 0 Å². The first kappa shape index (κ1) is 57.3. The van der Waals surface area contributed by atoms with E-state index in [1.165, 1.54) is 0 Å². The summed E-state index contributed by atoms with van der Waals surface area (Å²) in [6, 6.07) is 0. The van der Waals surface area contributed by atoms with Gasteiger partial charge in [0.1, 0.15) is 13.2 Å². The maximum absolute atomic E-state index is 12.7. The predicted octanol–water partition coefficient (Wildman–Crippen LogP) is 15.7. The number of rotatable bonds is 40. The molecule has 0 saturated carbocycles. The number of hydrogen-bond acceptors (Lipinski definition) is 6. The summed E-state index contributed by atoms with van der Waals surface area (Å²) >= 11 is 0. The molecule has 0 aromatic carbocycles. The summed E-state index contributed by atoms with van der Waals surface area (Å²) in [4.78, 5) is 37.8. The van der Waals surface area contributed by atoms with Crippen LogP contribution in [0.2, 0.25) is 0 Å². The summed E-state index contributed by atoms with van der Waals surface area (Å²) in [7, 11) is 0. The van der Waals surface area contributed by atoms with Crippen molar-refractivity contribution in [3.63, 3.8) is 0 Å². The second kappa shape index (κ2) is 49.0. The van der Waals surface area contributed by atoms with Gasteiger partial charge in [0, 0.05) is 19.3 Å². The van der Waals surface area contributed by atoms with Crippen LogP contribution >= 0.6 is 0 Å². The molecule has 0 spiro atoms.